The van der Waals surface area contributed by atoms with Crippen LogP contribution in [0.25, 0.3) is 22.8 Å². The van der Waals surface area contributed by atoms with Gasteiger partial charge in [-0.05, 0) is 24.3 Å². The molecule has 0 unspecified atom stereocenters. The van der Waals surface area contributed by atoms with Crippen LogP contribution >= 0.6 is 27.3 Å². The first kappa shape index (κ1) is 15.8. The Bertz CT molecular complexity index is 1010. The summed E-state index contributed by atoms with van der Waals surface area (Å²) in [5.74, 6) is 0.515. The molecule has 0 aliphatic rings. The minimum atomic E-state index is -0.390. The van der Waals surface area contributed by atoms with Crippen LogP contribution < -0.4 is 5.32 Å². The van der Waals surface area contributed by atoms with Gasteiger partial charge < -0.3 is 8.94 Å². The standard InChI is InChI=1S/C17H10BrN3O3S/c18-11-5-3-10(4-6-11)13-9-25-17(19-13)20-16(22)12-8-15(24-21-12)14-2-1-7-23-14/h1-9H,(H,19,20,22). The van der Waals surface area contributed by atoms with Crippen LogP contribution in [-0.2, 0) is 0 Å². The molecule has 0 saturated heterocycles. The molecule has 8 heteroatoms. The van der Waals surface area contributed by atoms with E-state index in [4.69, 9.17) is 8.94 Å². The van der Waals surface area contributed by atoms with Crippen LogP contribution in [0.5, 0.6) is 0 Å². The number of halogens is 1. The van der Waals surface area contributed by atoms with Gasteiger partial charge in [0.25, 0.3) is 5.91 Å². The first-order valence-electron chi connectivity index (χ1n) is 7.22. The van der Waals surface area contributed by atoms with Crippen molar-refractivity contribution in [3.8, 4) is 22.8 Å². The molecule has 3 aromatic heterocycles. The molecule has 124 valence electrons. The number of nitrogens with one attached hydrogen (secondary N) is 1. The largest absolute Gasteiger partial charge is 0.461 e. The maximum atomic E-state index is 12.3. The predicted octanol–water partition coefficient (Wildman–Crippen LogP) is 5.07. The molecule has 3 heterocycles. The summed E-state index contributed by atoms with van der Waals surface area (Å²) >= 11 is 4.75. The molecule has 0 bridgehead atoms. The Labute approximate surface area is 154 Å². The van der Waals surface area contributed by atoms with Crippen molar-refractivity contribution in [3.63, 3.8) is 0 Å². The van der Waals surface area contributed by atoms with Crippen LogP contribution in [0.15, 0.2) is 67.5 Å². The zero-order valence-electron chi connectivity index (χ0n) is 12.6. The molecule has 0 radical (unpaired) electrons. The lowest BCUT2D eigenvalue weighted by atomic mass is 10.2. The minimum Gasteiger partial charge on any atom is -0.461 e. The average Bonchev–Trinajstić information content (AvgIpc) is 3.36. The number of amides is 1. The van der Waals surface area contributed by atoms with Crippen molar-refractivity contribution in [1.29, 1.82) is 0 Å². The van der Waals surface area contributed by atoms with Crippen LogP contribution in [0.2, 0.25) is 0 Å². The van der Waals surface area contributed by atoms with Gasteiger partial charge in [-0.15, -0.1) is 11.3 Å². The Morgan fingerprint density at radius 3 is 2.76 bits per heavy atom. The van der Waals surface area contributed by atoms with E-state index in [1.54, 1.807) is 12.1 Å². The van der Waals surface area contributed by atoms with Gasteiger partial charge in [0.2, 0.25) is 5.76 Å². The third-order valence-electron chi connectivity index (χ3n) is 3.37. The highest BCUT2D eigenvalue weighted by molar-refractivity contribution is 9.10. The lowest BCUT2D eigenvalue weighted by Gasteiger charge is -1.98. The molecule has 4 rings (SSSR count). The third-order valence-corrected chi connectivity index (χ3v) is 4.66. The molecule has 4 aromatic rings. The Hall–Kier alpha value is -2.71. The van der Waals surface area contributed by atoms with E-state index in [1.807, 2.05) is 29.6 Å². The van der Waals surface area contributed by atoms with E-state index < -0.39 is 5.91 Å². The summed E-state index contributed by atoms with van der Waals surface area (Å²) in [5, 5.41) is 8.87. The minimum absolute atomic E-state index is 0.159. The summed E-state index contributed by atoms with van der Waals surface area (Å²) in [6.45, 7) is 0. The lowest BCUT2D eigenvalue weighted by molar-refractivity contribution is 0.101. The summed E-state index contributed by atoms with van der Waals surface area (Å²) < 4.78 is 11.3. The van der Waals surface area contributed by atoms with E-state index in [9.17, 15) is 4.79 Å². The molecule has 0 aliphatic carbocycles. The van der Waals surface area contributed by atoms with E-state index in [0.717, 1.165) is 15.7 Å². The second kappa shape index (κ2) is 6.66. The van der Waals surface area contributed by atoms with E-state index in [-0.39, 0.29) is 5.69 Å². The van der Waals surface area contributed by atoms with Gasteiger partial charge in [-0.3, -0.25) is 10.1 Å². The second-order valence-corrected chi connectivity index (χ2v) is 6.83. The van der Waals surface area contributed by atoms with Gasteiger partial charge in [0.05, 0.1) is 12.0 Å². The van der Waals surface area contributed by atoms with Gasteiger partial charge >= 0.3 is 0 Å². The number of hydrogen-bond donors (Lipinski definition) is 1. The first-order valence-corrected chi connectivity index (χ1v) is 8.90. The van der Waals surface area contributed by atoms with Crippen molar-refractivity contribution in [2.24, 2.45) is 0 Å². The number of rotatable bonds is 4. The lowest BCUT2D eigenvalue weighted by Crippen LogP contribution is -2.11. The SMILES string of the molecule is O=C(Nc1nc(-c2ccc(Br)cc2)cs1)c1cc(-c2ccco2)on1. The van der Waals surface area contributed by atoms with Gasteiger partial charge in [-0.2, -0.15) is 0 Å². The van der Waals surface area contributed by atoms with E-state index in [0.29, 0.717) is 16.7 Å². The molecular formula is C17H10BrN3O3S. The number of aromatic nitrogens is 2. The Kier molecular flexibility index (Phi) is 4.21. The molecule has 0 aliphatic heterocycles. The number of carbonyl (C=O) groups excluding carboxylic acids is 1. The molecule has 0 fully saturated rings. The predicted molar refractivity (Wildman–Crippen MR) is 97.4 cm³/mol. The summed E-state index contributed by atoms with van der Waals surface area (Å²) in [7, 11) is 0. The molecule has 0 spiro atoms. The van der Waals surface area contributed by atoms with Crippen molar-refractivity contribution in [1.82, 2.24) is 10.1 Å². The van der Waals surface area contributed by atoms with Crippen LogP contribution in [0.3, 0.4) is 0 Å². The number of benzene rings is 1. The fourth-order valence-electron chi connectivity index (χ4n) is 2.16. The topological polar surface area (TPSA) is 81.2 Å². The maximum absolute atomic E-state index is 12.3. The van der Waals surface area contributed by atoms with Gasteiger partial charge in [-0.1, -0.05) is 33.2 Å². The summed E-state index contributed by atoms with van der Waals surface area (Å²) in [6, 6.07) is 12.8. The van der Waals surface area contributed by atoms with Crippen LogP contribution in [0.4, 0.5) is 5.13 Å². The fourth-order valence-corrected chi connectivity index (χ4v) is 3.14. The summed E-state index contributed by atoms with van der Waals surface area (Å²) in [6.07, 6.45) is 1.52. The van der Waals surface area contributed by atoms with E-state index >= 15 is 0 Å². The second-order valence-electron chi connectivity index (χ2n) is 5.05. The zero-order valence-corrected chi connectivity index (χ0v) is 15.0. The highest BCUT2D eigenvalue weighted by Crippen LogP contribution is 2.27. The Morgan fingerprint density at radius 1 is 1.16 bits per heavy atom. The van der Waals surface area contributed by atoms with Gasteiger partial charge in [-0.25, -0.2) is 4.98 Å². The highest BCUT2D eigenvalue weighted by Gasteiger charge is 2.16. The average molecular weight is 416 g/mol. The number of nitrogens with zero attached hydrogens (tertiary/aromatic N) is 2. The fraction of sp³-hybridized carbons (Fsp3) is 0. The number of hydrogen-bond acceptors (Lipinski definition) is 6. The smallest absolute Gasteiger partial charge is 0.279 e. The highest BCUT2D eigenvalue weighted by atomic mass is 79.9. The third kappa shape index (κ3) is 3.40. The van der Waals surface area contributed by atoms with Gasteiger partial charge in [0, 0.05) is 21.5 Å². The van der Waals surface area contributed by atoms with Gasteiger partial charge in [0.15, 0.2) is 16.6 Å². The van der Waals surface area contributed by atoms with E-state index in [2.05, 4.69) is 31.4 Å². The molecule has 1 aromatic carbocycles. The summed E-state index contributed by atoms with van der Waals surface area (Å²) in [5.41, 5.74) is 1.93. The molecule has 6 nitrogen and oxygen atoms in total. The molecule has 1 amide bonds. The molecule has 25 heavy (non-hydrogen) atoms. The summed E-state index contributed by atoms with van der Waals surface area (Å²) in [4.78, 5) is 16.7. The van der Waals surface area contributed by atoms with Crippen LogP contribution in [-0.4, -0.2) is 16.0 Å². The Morgan fingerprint density at radius 2 is 2.00 bits per heavy atom. The van der Waals surface area contributed by atoms with Crippen molar-refractivity contribution in [2.75, 3.05) is 5.32 Å². The molecule has 0 atom stereocenters. The van der Waals surface area contributed by atoms with Crippen molar-refractivity contribution < 1.29 is 13.7 Å². The van der Waals surface area contributed by atoms with Gasteiger partial charge in [0.1, 0.15) is 0 Å². The van der Waals surface area contributed by atoms with Crippen molar-refractivity contribution in [2.45, 2.75) is 0 Å². The molecular weight excluding hydrogens is 406 g/mol. The molecule has 1 N–H and O–H groups in total. The normalized spacial score (nSPS) is 10.8. The van der Waals surface area contributed by atoms with E-state index in [1.165, 1.54) is 23.7 Å². The quantitative estimate of drug-likeness (QED) is 0.502. The molecule has 0 saturated carbocycles. The van der Waals surface area contributed by atoms with Crippen LogP contribution in [0.1, 0.15) is 10.5 Å². The number of carbonyl (C=O) groups is 1. The van der Waals surface area contributed by atoms with Crippen molar-refractivity contribution in [3.05, 3.63) is 64.3 Å². The maximum Gasteiger partial charge on any atom is 0.279 e. The zero-order chi connectivity index (χ0) is 17.2. The van der Waals surface area contributed by atoms with Crippen molar-refractivity contribution >= 4 is 38.3 Å². The number of anilines is 1. The Balaban J connectivity index is 1.49. The first-order chi connectivity index (χ1) is 12.2. The number of furan rings is 1. The van der Waals surface area contributed by atoms with Crippen LogP contribution in [0, 0.1) is 0 Å². The monoisotopic (exact) mass is 415 g/mol. The number of thiazole rings is 1.